The van der Waals surface area contributed by atoms with Crippen molar-refractivity contribution in [3.8, 4) is 0 Å². The number of aliphatic hydroxyl groups excluding tert-OH is 1. The topological polar surface area (TPSA) is 28.4 Å². The van der Waals surface area contributed by atoms with Gasteiger partial charge in [0.1, 0.15) is 0 Å². The van der Waals surface area contributed by atoms with E-state index >= 15 is 0 Å². The number of fused-ring (bicyclic) bond motifs is 1. The van der Waals surface area contributed by atoms with E-state index in [2.05, 4.69) is 40.8 Å². The molecule has 1 aromatic heterocycles. The molecular weight excluding hydrogens is 260 g/mol. The number of nitrogens with zero attached hydrogens (tertiary/aromatic N) is 2. The summed E-state index contributed by atoms with van der Waals surface area (Å²) in [7, 11) is 0. The van der Waals surface area contributed by atoms with Gasteiger partial charge in [-0.25, -0.2) is 0 Å². The van der Waals surface area contributed by atoms with Gasteiger partial charge >= 0.3 is 0 Å². The first kappa shape index (κ1) is 14.6. The normalized spacial score (nSPS) is 16.1. The number of benzene rings is 1. The van der Waals surface area contributed by atoms with Gasteiger partial charge in [0.05, 0.1) is 0 Å². The van der Waals surface area contributed by atoms with Crippen LogP contribution in [0.1, 0.15) is 30.4 Å². The van der Waals surface area contributed by atoms with Crippen molar-refractivity contribution in [2.24, 2.45) is 0 Å². The number of aliphatic hydroxyl groups is 1. The average molecular weight is 286 g/mol. The molecule has 0 unspecified atom stereocenters. The molecule has 1 aliphatic rings. The Morgan fingerprint density at radius 3 is 2.71 bits per heavy atom. The Morgan fingerprint density at radius 2 is 1.95 bits per heavy atom. The van der Waals surface area contributed by atoms with Crippen molar-refractivity contribution in [3.05, 3.63) is 35.5 Å². The highest BCUT2D eigenvalue weighted by molar-refractivity contribution is 5.84. The molecular formula is C18H26N2O. The number of likely N-dealkylation sites (tertiary alicyclic amines) is 1. The number of aryl methyl sites for hydroxylation is 2. The fraction of sp³-hybridized carbons (Fsp3) is 0.556. The quantitative estimate of drug-likeness (QED) is 0.884. The maximum Gasteiger partial charge on any atom is 0.0485 e. The number of aromatic nitrogens is 1. The predicted octanol–water partition coefficient (Wildman–Crippen LogP) is 2.97. The molecule has 2 aromatic rings. The summed E-state index contributed by atoms with van der Waals surface area (Å²) in [6, 6.07) is 6.74. The van der Waals surface area contributed by atoms with Crippen molar-refractivity contribution in [1.82, 2.24) is 9.47 Å². The molecule has 1 fully saturated rings. The molecule has 3 rings (SSSR count). The van der Waals surface area contributed by atoms with Crippen molar-refractivity contribution in [2.45, 2.75) is 39.2 Å². The molecule has 0 saturated carbocycles. The Hall–Kier alpha value is -1.32. The van der Waals surface area contributed by atoms with Crippen LogP contribution >= 0.6 is 0 Å². The van der Waals surface area contributed by atoms with Crippen molar-refractivity contribution < 1.29 is 5.11 Å². The third kappa shape index (κ3) is 3.30. The molecule has 0 radical (unpaired) electrons. The van der Waals surface area contributed by atoms with Crippen molar-refractivity contribution in [3.63, 3.8) is 0 Å². The van der Waals surface area contributed by atoms with Crippen LogP contribution in [-0.2, 0) is 13.0 Å². The van der Waals surface area contributed by atoms with Crippen LogP contribution in [0.5, 0.6) is 0 Å². The second-order valence-corrected chi connectivity index (χ2v) is 6.24. The Labute approximate surface area is 127 Å². The Bertz CT molecular complexity index is 597. The van der Waals surface area contributed by atoms with E-state index in [1.54, 1.807) is 0 Å². The minimum Gasteiger partial charge on any atom is -0.396 e. The third-order valence-electron chi connectivity index (χ3n) is 4.57. The van der Waals surface area contributed by atoms with E-state index in [-0.39, 0.29) is 6.61 Å². The molecule has 0 spiro atoms. The zero-order valence-electron chi connectivity index (χ0n) is 13.0. The van der Waals surface area contributed by atoms with Crippen molar-refractivity contribution in [2.75, 3.05) is 26.2 Å². The zero-order chi connectivity index (χ0) is 14.7. The first-order valence-electron chi connectivity index (χ1n) is 8.19. The summed E-state index contributed by atoms with van der Waals surface area (Å²) >= 11 is 0. The van der Waals surface area contributed by atoms with Gasteiger partial charge in [-0.2, -0.15) is 0 Å². The molecule has 21 heavy (non-hydrogen) atoms. The van der Waals surface area contributed by atoms with Crippen LogP contribution in [0.3, 0.4) is 0 Å². The first-order chi connectivity index (χ1) is 10.3. The average Bonchev–Trinajstić information content (AvgIpc) is 3.10. The van der Waals surface area contributed by atoms with Crippen molar-refractivity contribution in [1.29, 1.82) is 0 Å². The monoisotopic (exact) mass is 286 g/mol. The first-order valence-corrected chi connectivity index (χ1v) is 8.19. The molecule has 3 heteroatoms. The van der Waals surface area contributed by atoms with Crippen LogP contribution in [0, 0.1) is 6.92 Å². The number of hydrogen-bond acceptors (Lipinski definition) is 2. The Balaban J connectivity index is 1.82. The van der Waals surface area contributed by atoms with E-state index < -0.39 is 0 Å². The molecule has 0 bridgehead atoms. The minimum atomic E-state index is 0.259. The maximum atomic E-state index is 9.09. The smallest absolute Gasteiger partial charge is 0.0485 e. The lowest BCUT2D eigenvalue weighted by Crippen LogP contribution is -2.21. The van der Waals surface area contributed by atoms with Gasteiger partial charge in [-0.15, -0.1) is 0 Å². The maximum absolute atomic E-state index is 9.09. The molecule has 1 N–H and O–H groups in total. The fourth-order valence-corrected chi connectivity index (χ4v) is 3.39. The molecule has 0 atom stereocenters. The Morgan fingerprint density at radius 1 is 1.14 bits per heavy atom. The highest BCUT2D eigenvalue weighted by Crippen LogP contribution is 2.24. The molecule has 2 heterocycles. The van der Waals surface area contributed by atoms with Crippen LogP contribution < -0.4 is 0 Å². The molecule has 1 aliphatic heterocycles. The summed E-state index contributed by atoms with van der Waals surface area (Å²) < 4.78 is 2.32. The third-order valence-corrected chi connectivity index (χ3v) is 4.57. The van der Waals surface area contributed by atoms with Gasteiger partial charge in [-0.1, -0.05) is 12.1 Å². The van der Waals surface area contributed by atoms with Gasteiger partial charge in [-0.3, -0.25) is 0 Å². The molecule has 0 amide bonds. The summed E-state index contributed by atoms with van der Waals surface area (Å²) in [5, 5.41) is 10.5. The molecule has 1 saturated heterocycles. The standard InChI is InChI=1S/C18H26N2O/c1-15-5-6-17-16(7-11-19-8-2-3-9-19)14-20(10-4-12-21)18(17)13-15/h5-6,13-14,21H,2-4,7-12H2,1H3. The highest BCUT2D eigenvalue weighted by atomic mass is 16.3. The summed E-state index contributed by atoms with van der Waals surface area (Å²) in [5.41, 5.74) is 4.08. The number of hydrogen-bond donors (Lipinski definition) is 1. The van der Waals surface area contributed by atoms with Crippen LogP contribution in [-0.4, -0.2) is 40.8 Å². The SMILES string of the molecule is Cc1ccc2c(CCN3CCCC3)cn(CCCO)c2c1. The molecule has 3 nitrogen and oxygen atoms in total. The molecule has 0 aliphatic carbocycles. The van der Waals surface area contributed by atoms with Gasteiger partial charge in [0.15, 0.2) is 0 Å². The molecule has 1 aromatic carbocycles. The Kier molecular flexibility index (Phi) is 4.61. The van der Waals surface area contributed by atoms with Crippen molar-refractivity contribution >= 4 is 10.9 Å². The minimum absolute atomic E-state index is 0.259. The van der Waals surface area contributed by atoms with Crippen LogP contribution in [0.15, 0.2) is 24.4 Å². The van der Waals surface area contributed by atoms with E-state index in [1.807, 2.05) is 0 Å². The summed E-state index contributed by atoms with van der Waals surface area (Å²) in [6.45, 7) is 7.01. The lowest BCUT2D eigenvalue weighted by molar-refractivity contribution is 0.280. The number of rotatable bonds is 6. The summed E-state index contributed by atoms with van der Waals surface area (Å²) in [5.74, 6) is 0. The van der Waals surface area contributed by atoms with E-state index in [0.29, 0.717) is 0 Å². The van der Waals surface area contributed by atoms with E-state index in [4.69, 9.17) is 5.11 Å². The van der Waals surface area contributed by atoms with Gasteiger partial charge < -0.3 is 14.6 Å². The summed E-state index contributed by atoms with van der Waals surface area (Å²) in [4.78, 5) is 2.57. The fourth-order valence-electron chi connectivity index (χ4n) is 3.39. The van der Waals surface area contributed by atoms with Gasteiger partial charge in [0.25, 0.3) is 0 Å². The van der Waals surface area contributed by atoms with Gasteiger partial charge in [-0.05, 0) is 62.9 Å². The zero-order valence-corrected chi connectivity index (χ0v) is 13.0. The lowest BCUT2D eigenvalue weighted by Gasteiger charge is -2.13. The van der Waals surface area contributed by atoms with E-state index in [9.17, 15) is 0 Å². The second-order valence-electron chi connectivity index (χ2n) is 6.24. The highest BCUT2D eigenvalue weighted by Gasteiger charge is 2.13. The van der Waals surface area contributed by atoms with E-state index in [0.717, 1.165) is 19.4 Å². The predicted molar refractivity (Wildman–Crippen MR) is 87.8 cm³/mol. The van der Waals surface area contributed by atoms with Crippen LogP contribution in [0.4, 0.5) is 0 Å². The van der Waals surface area contributed by atoms with Gasteiger partial charge in [0.2, 0.25) is 0 Å². The van der Waals surface area contributed by atoms with E-state index in [1.165, 1.54) is 54.5 Å². The molecule has 114 valence electrons. The van der Waals surface area contributed by atoms with Gasteiger partial charge in [0, 0.05) is 36.8 Å². The summed E-state index contributed by atoms with van der Waals surface area (Å²) in [6.07, 6.45) is 6.97. The lowest BCUT2D eigenvalue weighted by atomic mass is 10.1. The largest absolute Gasteiger partial charge is 0.396 e. The van der Waals surface area contributed by atoms with Crippen LogP contribution in [0.2, 0.25) is 0 Å². The van der Waals surface area contributed by atoms with Crippen LogP contribution in [0.25, 0.3) is 10.9 Å². The second kappa shape index (κ2) is 6.63.